The molecular formula is C11H5Cl2F4NO3. The summed E-state index contributed by atoms with van der Waals surface area (Å²) >= 11 is 8.94. The van der Waals surface area contributed by atoms with E-state index in [-0.39, 0.29) is 6.08 Å². The molecule has 0 saturated heterocycles. The van der Waals surface area contributed by atoms with Crippen molar-refractivity contribution in [2.45, 2.75) is 10.8 Å². The van der Waals surface area contributed by atoms with E-state index >= 15 is 0 Å². The van der Waals surface area contributed by atoms with Gasteiger partial charge in [0.05, 0.1) is 4.92 Å². The van der Waals surface area contributed by atoms with Crippen molar-refractivity contribution in [2.24, 2.45) is 0 Å². The molecule has 4 nitrogen and oxygen atoms in total. The smallest absolute Gasteiger partial charge is 0.289 e. The number of ketones is 1. The minimum absolute atomic E-state index is 0.140. The summed E-state index contributed by atoms with van der Waals surface area (Å²) in [4.78, 5) is 21.3. The first-order valence-electron chi connectivity index (χ1n) is 5.08. The van der Waals surface area contributed by atoms with Crippen molar-refractivity contribution >= 4 is 34.7 Å². The largest absolute Gasteiger partial charge is 0.351 e. The van der Waals surface area contributed by atoms with Gasteiger partial charge in [0.15, 0.2) is 5.78 Å². The summed E-state index contributed by atoms with van der Waals surface area (Å²) in [5.41, 5.74) is -3.07. The number of nitro groups is 1. The van der Waals surface area contributed by atoms with Crippen LogP contribution in [0, 0.1) is 10.1 Å². The Labute approximate surface area is 125 Å². The Hall–Kier alpha value is -1.67. The van der Waals surface area contributed by atoms with Crippen molar-refractivity contribution in [1.29, 1.82) is 0 Å². The predicted octanol–water partition coefficient (Wildman–Crippen LogP) is 4.37. The minimum atomic E-state index is -4.55. The lowest BCUT2D eigenvalue weighted by Crippen LogP contribution is -2.25. The molecule has 0 aliphatic carbocycles. The molecule has 0 heterocycles. The highest BCUT2D eigenvalue weighted by Crippen LogP contribution is 2.41. The fraction of sp³-hybridized carbons (Fsp3) is 0.182. The van der Waals surface area contributed by atoms with Crippen molar-refractivity contribution in [1.82, 2.24) is 0 Å². The standard InChI is InChI=1S/C11H5Cl2F4NO3/c12-10(14,15)9(11(13,16)17)5-8(19)6-2-1-3-7(4-6)18(20)21/h1-5H. The normalized spacial score (nSPS) is 11.9. The van der Waals surface area contributed by atoms with E-state index in [2.05, 4.69) is 23.2 Å². The molecule has 0 fully saturated rings. The number of carbonyl (C=O) groups excluding carboxylic acids is 1. The van der Waals surface area contributed by atoms with Crippen LogP contribution >= 0.6 is 23.2 Å². The lowest BCUT2D eigenvalue weighted by atomic mass is 10.1. The molecule has 0 aliphatic heterocycles. The number of benzene rings is 1. The number of non-ortho nitro benzene ring substituents is 1. The number of nitro benzene ring substituents is 1. The van der Waals surface area contributed by atoms with Crippen LogP contribution in [-0.2, 0) is 0 Å². The molecule has 0 N–H and O–H groups in total. The molecule has 1 aromatic rings. The fourth-order valence-corrected chi connectivity index (χ4v) is 1.71. The third-order valence-corrected chi connectivity index (χ3v) is 2.63. The van der Waals surface area contributed by atoms with Gasteiger partial charge in [-0.15, -0.1) is 0 Å². The van der Waals surface area contributed by atoms with Crippen molar-refractivity contribution in [3.05, 3.63) is 51.6 Å². The Balaban J connectivity index is 3.27. The second-order valence-corrected chi connectivity index (χ2v) is 4.67. The van der Waals surface area contributed by atoms with E-state index in [1.165, 1.54) is 0 Å². The van der Waals surface area contributed by atoms with Crippen LogP contribution in [0.2, 0.25) is 0 Å². The maximum atomic E-state index is 12.8. The SMILES string of the molecule is O=C(C=C(C(F)(F)Cl)C(F)(F)Cl)c1cccc([N+](=O)[O-])c1. The first kappa shape index (κ1) is 17.4. The summed E-state index contributed by atoms with van der Waals surface area (Å²) in [6.45, 7) is 0. The molecule has 1 aromatic carbocycles. The molecule has 0 atom stereocenters. The highest BCUT2D eigenvalue weighted by atomic mass is 35.5. The molecule has 0 spiro atoms. The van der Waals surface area contributed by atoms with E-state index in [0.29, 0.717) is 0 Å². The van der Waals surface area contributed by atoms with Crippen LogP contribution in [0.5, 0.6) is 0 Å². The molecule has 0 aromatic heterocycles. The van der Waals surface area contributed by atoms with Gasteiger partial charge in [-0.05, 0) is 29.3 Å². The fourth-order valence-electron chi connectivity index (χ4n) is 1.31. The minimum Gasteiger partial charge on any atom is -0.289 e. The molecule has 21 heavy (non-hydrogen) atoms. The van der Waals surface area contributed by atoms with Gasteiger partial charge in [0, 0.05) is 17.7 Å². The number of carbonyl (C=O) groups is 1. The number of rotatable bonds is 5. The molecule has 0 saturated carbocycles. The van der Waals surface area contributed by atoms with Crippen LogP contribution in [0.1, 0.15) is 10.4 Å². The average molecular weight is 346 g/mol. The zero-order valence-corrected chi connectivity index (χ0v) is 11.3. The lowest BCUT2D eigenvalue weighted by Gasteiger charge is -2.17. The second-order valence-electron chi connectivity index (χ2n) is 3.73. The zero-order chi connectivity index (χ0) is 16.4. The molecule has 10 heteroatoms. The maximum Gasteiger partial charge on any atom is 0.351 e. The quantitative estimate of drug-likeness (QED) is 0.199. The van der Waals surface area contributed by atoms with Gasteiger partial charge in [-0.1, -0.05) is 12.1 Å². The number of hydrogen-bond donors (Lipinski definition) is 0. The third-order valence-electron chi connectivity index (χ3n) is 2.23. The van der Waals surface area contributed by atoms with Gasteiger partial charge in [-0.25, -0.2) is 0 Å². The van der Waals surface area contributed by atoms with Crippen LogP contribution in [0.15, 0.2) is 35.9 Å². The summed E-state index contributed by atoms with van der Waals surface area (Å²) in [5, 5.41) is 1.41. The van der Waals surface area contributed by atoms with E-state index in [1.807, 2.05) is 0 Å². The predicted molar refractivity (Wildman–Crippen MR) is 67.1 cm³/mol. The first-order valence-corrected chi connectivity index (χ1v) is 5.83. The van der Waals surface area contributed by atoms with Crippen LogP contribution in [0.4, 0.5) is 23.2 Å². The van der Waals surface area contributed by atoms with Crippen LogP contribution in [0.25, 0.3) is 0 Å². The van der Waals surface area contributed by atoms with E-state index in [1.54, 1.807) is 0 Å². The highest BCUT2D eigenvalue weighted by Gasteiger charge is 2.47. The van der Waals surface area contributed by atoms with Crippen LogP contribution < -0.4 is 0 Å². The lowest BCUT2D eigenvalue weighted by molar-refractivity contribution is -0.384. The van der Waals surface area contributed by atoms with Gasteiger partial charge >= 0.3 is 10.8 Å². The summed E-state index contributed by atoms with van der Waals surface area (Å²) < 4.78 is 51.4. The molecule has 0 bridgehead atoms. The monoisotopic (exact) mass is 345 g/mol. The van der Waals surface area contributed by atoms with Gasteiger partial charge < -0.3 is 0 Å². The Bertz CT molecular complexity index is 592. The van der Waals surface area contributed by atoms with Gasteiger partial charge in [0.1, 0.15) is 5.57 Å². The average Bonchev–Trinajstić information content (AvgIpc) is 2.33. The highest BCUT2D eigenvalue weighted by molar-refractivity contribution is 6.29. The van der Waals surface area contributed by atoms with E-state index in [9.17, 15) is 32.5 Å². The van der Waals surface area contributed by atoms with E-state index in [4.69, 9.17) is 0 Å². The second kappa shape index (κ2) is 5.98. The number of nitrogens with zero attached hydrogens (tertiary/aromatic N) is 1. The van der Waals surface area contributed by atoms with E-state index < -0.39 is 38.3 Å². The summed E-state index contributed by atoms with van der Waals surface area (Å²) in [7, 11) is 0. The molecule has 0 unspecified atom stereocenters. The Morgan fingerprint density at radius 3 is 2.14 bits per heavy atom. The van der Waals surface area contributed by atoms with E-state index in [0.717, 1.165) is 24.3 Å². The van der Waals surface area contributed by atoms with Gasteiger partial charge in [-0.2, -0.15) is 17.6 Å². The zero-order valence-electron chi connectivity index (χ0n) is 9.83. The maximum absolute atomic E-state index is 12.8. The van der Waals surface area contributed by atoms with Gasteiger partial charge in [0.2, 0.25) is 0 Å². The van der Waals surface area contributed by atoms with Crippen molar-refractivity contribution in [3.8, 4) is 0 Å². The Kier molecular flexibility index (Phi) is 4.95. The molecule has 0 radical (unpaired) electrons. The van der Waals surface area contributed by atoms with Gasteiger partial charge in [0.25, 0.3) is 5.69 Å². The third kappa shape index (κ3) is 4.68. The summed E-state index contributed by atoms with van der Waals surface area (Å²) in [6, 6.07) is 3.90. The Morgan fingerprint density at radius 1 is 1.19 bits per heavy atom. The molecule has 114 valence electrons. The van der Waals surface area contributed by atoms with Crippen molar-refractivity contribution in [3.63, 3.8) is 0 Å². The van der Waals surface area contributed by atoms with Crippen LogP contribution in [0.3, 0.4) is 0 Å². The number of allylic oxidation sites excluding steroid dienone is 2. The van der Waals surface area contributed by atoms with Crippen molar-refractivity contribution in [2.75, 3.05) is 0 Å². The van der Waals surface area contributed by atoms with Gasteiger partial charge in [-0.3, -0.25) is 14.9 Å². The molecule has 0 amide bonds. The number of halogens is 6. The first-order chi connectivity index (χ1) is 9.43. The van der Waals surface area contributed by atoms with Crippen LogP contribution in [-0.4, -0.2) is 21.5 Å². The molecule has 1 rings (SSSR count). The summed E-state index contributed by atoms with van der Waals surface area (Å²) in [6.07, 6.45) is -0.140. The number of alkyl halides is 6. The summed E-state index contributed by atoms with van der Waals surface area (Å²) in [5.74, 6) is -1.32. The molecular weight excluding hydrogens is 341 g/mol. The molecule has 0 aliphatic rings. The number of hydrogen-bond acceptors (Lipinski definition) is 3. The topological polar surface area (TPSA) is 60.2 Å². The Morgan fingerprint density at radius 2 is 1.71 bits per heavy atom. The van der Waals surface area contributed by atoms with Crippen molar-refractivity contribution < 1.29 is 27.3 Å².